The van der Waals surface area contributed by atoms with Crippen LogP contribution in [0.4, 0.5) is 23.7 Å². The van der Waals surface area contributed by atoms with Crippen molar-refractivity contribution in [2.24, 2.45) is 5.41 Å². The van der Waals surface area contributed by atoms with Gasteiger partial charge in [-0.1, -0.05) is 5.16 Å². The van der Waals surface area contributed by atoms with E-state index in [1.807, 2.05) is 0 Å². The molecule has 0 radical (unpaired) electrons. The Kier molecular flexibility index (Phi) is 4.54. The van der Waals surface area contributed by atoms with Gasteiger partial charge in [0, 0.05) is 13.0 Å². The largest absolute Gasteiger partial charge is 0.372 e. The number of rotatable bonds is 1. The van der Waals surface area contributed by atoms with Crippen molar-refractivity contribution in [2.75, 3.05) is 24.5 Å². The third-order valence-corrected chi connectivity index (χ3v) is 7.30. The van der Waals surface area contributed by atoms with Gasteiger partial charge in [-0.05, 0) is 25.5 Å². The van der Waals surface area contributed by atoms with Crippen LogP contribution in [0.2, 0.25) is 0 Å². The Balaban J connectivity index is 1.52. The number of barbiturate groups is 1. The highest BCUT2D eigenvalue weighted by Gasteiger charge is 2.63. The van der Waals surface area contributed by atoms with E-state index in [1.165, 1.54) is 6.07 Å². The number of nitrogens with zero attached hydrogens (tertiary/aromatic N) is 3. The summed E-state index contributed by atoms with van der Waals surface area (Å²) < 4.78 is 53.6. The molecule has 5 amide bonds. The van der Waals surface area contributed by atoms with E-state index in [9.17, 15) is 28.0 Å². The fourth-order valence-corrected chi connectivity index (χ4v) is 5.91. The van der Waals surface area contributed by atoms with Gasteiger partial charge >= 0.3 is 6.03 Å². The zero-order valence-electron chi connectivity index (χ0n) is 19.1. The minimum atomic E-state index is -3.01. The first-order valence-electron chi connectivity index (χ1n) is 11.3. The number of carbonyl (C=O) groups is 4. The quantitative estimate of drug-likeness (QED) is 0.545. The SMILES string of the molecule is C[C@H]1CN2c3c(cc4c(C(=O)N5CC(F)(F)C5)noc4c3F)CC3(C(=O)NC(=O)NC3=O)[C@@H]2[C@@H](C)O1. The van der Waals surface area contributed by atoms with Gasteiger partial charge in [0.15, 0.2) is 16.9 Å². The summed E-state index contributed by atoms with van der Waals surface area (Å²) in [5, 5.41) is 7.85. The molecule has 190 valence electrons. The molecule has 2 N–H and O–H groups in total. The van der Waals surface area contributed by atoms with Crippen molar-refractivity contribution in [2.45, 2.75) is 44.4 Å². The first-order valence-corrected chi connectivity index (χ1v) is 11.3. The van der Waals surface area contributed by atoms with Gasteiger partial charge in [-0.25, -0.2) is 18.0 Å². The van der Waals surface area contributed by atoms with Gasteiger partial charge in [0.1, 0.15) is 0 Å². The van der Waals surface area contributed by atoms with E-state index in [0.717, 1.165) is 4.90 Å². The summed E-state index contributed by atoms with van der Waals surface area (Å²) in [5.74, 6) is -6.44. The first-order chi connectivity index (χ1) is 16.9. The van der Waals surface area contributed by atoms with Crippen molar-refractivity contribution in [3.8, 4) is 0 Å². The maximum Gasteiger partial charge on any atom is 0.328 e. The van der Waals surface area contributed by atoms with Crippen LogP contribution in [0.3, 0.4) is 0 Å². The molecule has 6 rings (SSSR count). The number of hydrogen-bond acceptors (Lipinski definition) is 8. The number of hydrogen-bond donors (Lipinski definition) is 2. The fraction of sp³-hybridized carbons (Fsp3) is 0.500. The number of halogens is 3. The molecule has 36 heavy (non-hydrogen) atoms. The Morgan fingerprint density at radius 1 is 1.17 bits per heavy atom. The third-order valence-electron chi connectivity index (χ3n) is 7.30. The van der Waals surface area contributed by atoms with Crippen LogP contribution in [0.5, 0.6) is 0 Å². The van der Waals surface area contributed by atoms with Crippen LogP contribution in [0, 0.1) is 11.2 Å². The summed E-state index contributed by atoms with van der Waals surface area (Å²) in [6.45, 7) is 1.93. The van der Waals surface area contributed by atoms with E-state index in [2.05, 4.69) is 15.8 Å². The molecule has 5 heterocycles. The van der Waals surface area contributed by atoms with E-state index in [-0.39, 0.29) is 40.9 Å². The number of nitrogens with one attached hydrogen (secondary N) is 2. The molecule has 4 aliphatic rings. The lowest BCUT2D eigenvalue weighted by Crippen LogP contribution is -2.75. The van der Waals surface area contributed by atoms with E-state index in [0.29, 0.717) is 0 Å². The summed E-state index contributed by atoms with van der Waals surface area (Å²) >= 11 is 0. The number of morpholine rings is 1. The topological polar surface area (TPSA) is 134 Å². The summed E-state index contributed by atoms with van der Waals surface area (Å²) in [7, 11) is 0. The Morgan fingerprint density at radius 3 is 2.47 bits per heavy atom. The van der Waals surface area contributed by atoms with Crippen LogP contribution in [-0.2, 0) is 20.7 Å². The lowest BCUT2D eigenvalue weighted by Gasteiger charge is -2.55. The minimum Gasteiger partial charge on any atom is -0.372 e. The molecule has 3 saturated heterocycles. The highest BCUT2D eigenvalue weighted by atomic mass is 19.3. The van der Waals surface area contributed by atoms with Crippen molar-refractivity contribution in [3.05, 3.63) is 23.1 Å². The number of fused-ring (bicyclic) bond motifs is 5. The number of anilines is 1. The van der Waals surface area contributed by atoms with Gasteiger partial charge in [0.2, 0.25) is 17.4 Å². The predicted molar refractivity (Wildman–Crippen MR) is 114 cm³/mol. The van der Waals surface area contributed by atoms with Crippen molar-refractivity contribution in [3.63, 3.8) is 0 Å². The van der Waals surface area contributed by atoms with Gasteiger partial charge in [0.25, 0.3) is 11.8 Å². The molecule has 0 bridgehead atoms. The van der Waals surface area contributed by atoms with Gasteiger partial charge < -0.3 is 19.1 Å². The summed E-state index contributed by atoms with van der Waals surface area (Å²) in [5.41, 5.74) is -2.29. The van der Waals surface area contributed by atoms with Crippen LogP contribution in [-0.4, -0.2) is 77.6 Å². The normalized spacial score (nSPS) is 28.4. The van der Waals surface area contributed by atoms with Crippen molar-refractivity contribution >= 4 is 40.4 Å². The number of carbonyl (C=O) groups excluding carboxylic acids is 4. The predicted octanol–water partition coefficient (Wildman–Crippen LogP) is 0.949. The number of likely N-dealkylation sites (tertiary alicyclic amines) is 1. The molecule has 14 heteroatoms. The Morgan fingerprint density at radius 2 is 1.83 bits per heavy atom. The number of amides is 5. The van der Waals surface area contributed by atoms with Crippen LogP contribution in [0.25, 0.3) is 11.0 Å². The molecule has 3 fully saturated rings. The van der Waals surface area contributed by atoms with Gasteiger partial charge in [-0.15, -0.1) is 0 Å². The Hall–Kier alpha value is -3.68. The van der Waals surface area contributed by atoms with E-state index >= 15 is 4.39 Å². The molecule has 11 nitrogen and oxygen atoms in total. The highest BCUT2D eigenvalue weighted by molar-refractivity contribution is 6.20. The van der Waals surface area contributed by atoms with Crippen LogP contribution < -0.4 is 15.5 Å². The number of urea groups is 1. The van der Waals surface area contributed by atoms with E-state index in [4.69, 9.17) is 9.26 Å². The maximum atomic E-state index is 16.0. The number of benzene rings is 1. The summed E-state index contributed by atoms with van der Waals surface area (Å²) in [6, 6.07) is -0.547. The van der Waals surface area contributed by atoms with E-state index in [1.54, 1.807) is 18.7 Å². The first kappa shape index (κ1) is 22.8. The summed E-state index contributed by atoms with van der Waals surface area (Å²) in [4.78, 5) is 53.5. The zero-order chi connectivity index (χ0) is 25.7. The van der Waals surface area contributed by atoms with Gasteiger partial charge in [-0.2, -0.15) is 0 Å². The molecular formula is C22H20F3N5O6. The van der Waals surface area contributed by atoms with Crippen LogP contribution >= 0.6 is 0 Å². The third kappa shape index (κ3) is 2.93. The molecule has 3 atom stereocenters. The van der Waals surface area contributed by atoms with Gasteiger partial charge in [-0.3, -0.25) is 25.0 Å². The standard InChI is InChI=1S/C22H20F3N5O6/c1-8-5-30-14-10(4-22(16(30)9(2)35-8)18(32)26-20(34)27-19(22)33)3-11-13(28-36-15(11)12(14)23)17(31)29-6-21(24,25)7-29/h3,8-9,16H,4-7H2,1-2H3,(H2,26,27,32,33,34)/t8-,9+,16-/m0/s1. The van der Waals surface area contributed by atoms with Crippen molar-refractivity contribution < 1.29 is 41.6 Å². The minimum absolute atomic E-state index is 0.0586. The van der Waals surface area contributed by atoms with Crippen LogP contribution in [0.15, 0.2) is 10.6 Å². The fourth-order valence-electron chi connectivity index (χ4n) is 5.91. The number of ether oxygens (including phenoxy) is 1. The smallest absolute Gasteiger partial charge is 0.328 e. The van der Waals surface area contributed by atoms with Crippen LogP contribution in [0.1, 0.15) is 29.9 Å². The number of alkyl halides is 2. The maximum absolute atomic E-state index is 16.0. The molecule has 0 aliphatic carbocycles. The average Bonchev–Trinajstić information content (AvgIpc) is 3.18. The lowest BCUT2D eigenvalue weighted by molar-refractivity contribution is -0.153. The molecule has 1 aromatic heterocycles. The molecule has 4 aliphatic heterocycles. The second-order valence-corrected chi connectivity index (χ2v) is 9.76. The summed E-state index contributed by atoms with van der Waals surface area (Å²) in [6.07, 6.45) is -1.42. The van der Waals surface area contributed by atoms with E-state index < -0.39 is 72.2 Å². The Labute approximate surface area is 200 Å². The molecule has 2 aromatic rings. The molecule has 0 saturated carbocycles. The van der Waals surface area contributed by atoms with Crippen molar-refractivity contribution in [1.29, 1.82) is 0 Å². The molecule has 1 spiro atoms. The highest BCUT2D eigenvalue weighted by Crippen LogP contribution is 2.49. The van der Waals surface area contributed by atoms with Crippen molar-refractivity contribution in [1.82, 2.24) is 20.7 Å². The van der Waals surface area contributed by atoms with Gasteiger partial charge in [0.05, 0.1) is 42.4 Å². The second-order valence-electron chi connectivity index (χ2n) is 9.76. The monoisotopic (exact) mass is 507 g/mol. The zero-order valence-corrected chi connectivity index (χ0v) is 19.1. The molecular weight excluding hydrogens is 487 g/mol. The molecule has 1 aromatic carbocycles. The number of imide groups is 2. The lowest BCUT2D eigenvalue weighted by atomic mass is 9.66. The average molecular weight is 507 g/mol. The second kappa shape index (κ2) is 7.18. The number of aromatic nitrogens is 1. The Bertz CT molecular complexity index is 1350. The molecule has 0 unspecified atom stereocenters.